The van der Waals surface area contributed by atoms with E-state index < -0.39 is 13.8 Å². The van der Waals surface area contributed by atoms with Gasteiger partial charge in [-0.15, -0.1) is 0 Å². The van der Waals surface area contributed by atoms with E-state index in [1.54, 1.807) is 0 Å². The van der Waals surface area contributed by atoms with Gasteiger partial charge in [-0.05, 0) is 0 Å². The van der Waals surface area contributed by atoms with Crippen LogP contribution in [0.1, 0.15) is 0 Å². The molecule has 7 heteroatoms. The van der Waals surface area contributed by atoms with Crippen LogP contribution in [-0.2, 0) is 22.9 Å². The minimum absolute atomic E-state index is 0.170. The zero-order valence-electron chi connectivity index (χ0n) is 6.14. The maximum Gasteiger partial charge on any atom is 0.531 e. The van der Waals surface area contributed by atoms with Gasteiger partial charge in [-0.1, -0.05) is 0 Å². The Labute approximate surface area is 70.0 Å². The molecule has 0 bridgehead atoms. The molecule has 0 aromatic carbocycles. The fourth-order valence-electron chi connectivity index (χ4n) is 0.303. The van der Waals surface area contributed by atoms with Gasteiger partial charge in [0.1, 0.15) is 0 Å². The van der Waals surface area contributed by atoms with Crippen molar-refractivity contribution in [3.05, 3.63) is 0 Å². The Bertz CT molecular complexity index is 173. The van der Waals surface area contributed by atoms with Gasteiger partial charge in [0.2, 0.25) is 0 Å². The van der Waals surface area contributed by atoms with Gasteiger partial charge in [0.05, 0.1) is 5.75 Å². The van der Waals surface area contributed by atoms with E-state index in [-0.39, 0.29) is 5.75 Å². The summed E-state index contributed by atoms with van der Waals surface area (Å²) in [5, 5.41) is 0. The van der Waals surface area contributed by atoms with Crippen molar-refractivity contribution in [3.8, 4) is 0 Å². The quantitative estimate of drug-likeness (QED) is 0.538. The van der Waals surface area contributed by atoms with E-state index in [9.17, 15) is 9.36 Å². The lowest BCUT2D eigenvalue weighted by atomic mass is 10.8. The average molecular weight is 200 g/mol. The number of carbonyl (C=O) groups excluding carboxylic acids is 1. The third-order valence-corrected chi connectivity index (χ3v) is 2.37. The molecule has 11 heavy (non-hydrogen) atoms. The van der Waals surface area contributed by atoms with Crippen molar-refractivity contribution in [2.75, 3.05) is 20.0 Å². The summed E-state index contributed by atoms with van der Waals surface area (Å²) >= 11 is 3.60. The van der Waals surface area contributed by atoms with Crippen molar-refractivity contribution >= 4 is 26.4 Å². The van der Waals surface area contributed by atoms with Crippen molar-refractivity contribution < 1.29 is 22.9 Å². The first-order valence-corrected chi connectivity index (χ1v) is 4.72. The third-order valence-electron chi connectivity index (χ3n) is 0.790. The number of rotatable bonds is 4. The molecule has 0 aromatic heterocycles. The second kappa shape index (κ2) is 4.77. The van der Waals surface area contributed by atoms with E-state index in [4.69, 9.17) is 0 Å². The smallest absolute Gasteiger partial charge is 0.370 e. The summed E-state index contributed by atoms with van der Waals surface area (Å²) in [7, 11) is -1.41. The number of thiol groups is 1. The van der Waals surface area contributed by atoms with E-state index >= 15 is 0 Å². The third kappa shape index (κ3) is 3.76. The Balaban J connectivity index is 4.09. The Morgan fingerprint density at radius 2 is 1.91 bits per heavy atom. The fraction of sp³-hybridized carbons (Fsp3) is 0.750. The van der Waals surface area contributed by atoms with E-state index in [2.05, 4.69) is 26.2 Å². The minimum Gasteiger partial charge on any atom is -0.370 e. The molecule has 0 aliphatic carbocycles. The highest BCUT2D eigenvalue weighted by Crippen LogP contribution is 2.47. The van der Waals surface area contributed by atoms with Gasteiger partial charge in [-0.25, -0.2) is 4.57 Å². The molecule has 0 rings (SSSR count). The molecule has 0 amide bonds. The number of carbonyl (C=O) groups is 1. The standard InChI is InChI=1S/C4H9O5PS/c1-7-10(6,8-2)9-4(5)3-11/h11H,3H2,1-2H3. The highest BCUT2D eigenvalue weighted by molar-refractivity contribution is 7.81. The first-order chi connectivity index (χ1) is 5.08. The van der Waals surface area contributed by atoms with Crippen LogP contribution in [0.15, 0.2) is 0 Å². The van der Waals surface area contributed by atoms with Crippen molar-refractivity contribution in [2.45, 2.75) is 0 Å². The van der Waals surface area contributed by atoms with Crippen LogP contribution in [-0.4, -0.2) is 25.9 Å². The van der Waals surface area contributed by atoms with Crippen LogP contribution in [0.25, 0.3) is 0 Å². The molecule has 66 valence electrons. The van der Waals surface area contributed by atoms with Gasteiger partial charge in [0.25, 0.3) is 0 Å². The Kier molecular flexibility index (Phi) is 4.76. The summed E-state index contributed by atoms with van der Waals surface area (Å²) < 4.78 is 23.9. The Morgan fingerprint density at radius 3 is 2.18 bits per heavy atom. The molecule has 0 heterocycles. The lowest BCUT2D eigenvalue weighted by Gasteiger charge is -2.11. The zero-order chi connectivity index (χ0) is 8.91. The molecule has 0 atom stereocenters. The van der Waals surface area contributed by atoms with Crippen LogP contribution in [0.5, 0.6) is 0 Å². The predicted octanol–water partition coefficient (Wildman–Crippen LogP) is 0.860. The van der Waals surface area contributed by atoms with Gasteiger partial charge in [0, 0.05) is 14.2 Å². The van der Waals surface area contributed by atoms with Gasteiger partial charge in [-0.2, -0.15) is 12.6 Å². The normalized spacial score (nSPS) is 11.2. The monoisotopic (exact) mass is 200 g/mol. The summed E-state index contributed by atoms with van der Waals surface area (Å²) in [6.45, 7) is 0. The molecular weight excluding hydrogens is 191 g/mol. The summed E-state index contributed by atoms with van der Waals surface area (Å²) in [6, 6.07) is 0. The maximum absolute atomic E-state index is 11.0. The van der Waals surface area contributed by atoms with Crippen molar-refractivity contribution in [1.29, 1.82) is 0 Å². The number of phosphoric ester groups is 1. The lowest BCUT2D eigenvalue weighted by Crippen LogP contribution is -2.05. The molecule has 0 spiro atoms. The molecule has 5 nitrogen and oxygen atoms in total. The van der Waals surface area contributed by atoms with Crippen LogP contribution in [0.4, 0.5) is 0 Å². The summed E-state index contributed by atoms with van der Waals surface area (Å²) in [5.74, 6) is -0.920. The van der Waals surface area contributed by atoms with Crippen molar-refractivity contribution in [3.63, 3.8) is 0 Å². The first kappa shape index (κ1) is 11.0. The second-order valence-corrected chi connectivity index (χ2v) is 3.56. The molecular formula is C4H9O5PS. The second-order valence-electron chi connectivity index (χ2n) is 1.43. The largest absolute Gasteiger partial charge is 0.531 e. The highest BCUT2D eigenvalue weighted by atomic mass is 32.1. The molecule has 0 N–H and O–H groups in total. The van der Waals surface area contributed by atoms with Crippen LogP contribution in [0.2, 0.25) is 0 Å². The molecule has 0 unspecified atom stereocenters. The Hall–Kier alpha value is -0.0300. The maximum atomic E-state index is 11.0. The number of phosphoric acid groups is 1. The molecule has 0 saturated carbocycles. The van der Waals surface area contributed by atoms with Gasteiger partial charge < -0.3 is 4.52 Å². The topological polar surface area (TPSA) is 61.8 Å². The molecule has 0 saturated heterocycles. The van der Waals surface area contributed by atoms with Crippen LogP contribution in [0, 0.1) is 0 Å². The molecule has 0 aliphatic rings. The Morgan fingerprint density at radius 1 is 1.45 bits per heavy atom. The van der Waals surface area contributed by atoms with E-state index in [0.29, 0.717) is 0 Å². The molecule has 0 radical (unpaired) electrons. The number of hydrogen-bond donors (Lipinski definition) is 1. The molecule has 0 aliphatic heterocycles. The van der Waals surface area contributed by atoms with E-state index in [1.807, 2.05) is 0 Å². The summed E-state index contributed by atoms with van der Waals surface area (Å²) in [4.78, 5) is 10.5. The first-order valence-electron chi connectivity index (χ1n) is 2.62. The lowest BCUT2D eigenvalue weighted by molar-refractivity contribution is -0.133. The van der Waals surface area contributed by atoms with Gasteiger partial charge >= 0.3 is 13.8 Å². The average Bonchev–Trinajstić information content (AvgIpc) is 2.04. The molecule has 0 aromatic rings. The van der Waals surface area contributed by atoms with Crippen molar-refractivity contribution in [2.24, 2.45) is 0 Å². The van der Waals surface area contributed by atoms with E-state index in [1.165, 1.54) is 0 Å². The minimum atomic E-state index is -3.65. The van der Waals surface area contributed by atoms with Crippen LogP contribution in [0.3, 0.4) is 0 Å². The van der Waals surface area contributed by atoms with Crippen molar-refractivity contribution in [1.82, 2.24) is 0 Å². The zero-order valence-corrected chi connectivity index (χ0v) is 7.93. The summed E-state index contributed by atoms with van der Waals surface area (Å²) in [6.07, 6.45) is 0. The number of hydrogen-bond acceptors (Lipinski definition) is 6. The van der Waals surface area contributed by atoms with Gasteiger partial charge in [0.15, 0.2) is 0 Å². The predicted molar refractivity (Wildman–Crippen MR) is 41.6 cm³/mol. The highest BCUT2D eigenvalue weighted by Gasteiger charge is 2.26. The van der Waals surface area contributed by atoms with E-state index in [0.717, 1.165) is 14.2 Å². The SMILES string of the molecule is COP(=O)(OC)OC(=O)CS. The van der Waals surface area contributed by atoms with Crippen LogP contribution < -0.4 is 0 Å². The molecule has 0 fully saturated rings. The summed E-state index contributed by atoms with van der Waals surface area (Å²) in [5.41, 5.74) is 0. The van der Waals surface area contributed by atoms with Gasteiger partial charge in [-0.3, -0.25) is 13.8 Å². The fourth-order valence-corrected chi connectivity index (χ4v) is 1.08. The van der Waals surface area contributed by atoms with Crippen LogP contribution >= 0.6 is 20.5 Å².